The van der Waals surface area contributed by atoms with E-state index in [1.165, 1.54) is 4.90 Å². The van der Waals surface area contributed by atoms with E-state index < -0.39 is 0 Å². The first-order chi connectivity index (χ1) is 11.1. The molecule has 1 aliphatic heterocycles. The zero-order valence-electron chi connectivity index (χ0n) is 13.2. The Balaban J connectivity index is 1.84. The van der Waals surface area contributed by atoms with Gasteiger partial charge in [-0.25, -0.2) is 0 Å². The number of ether oxygens (including phenoxy) is 1. The minimum absolute atomic E-state index is 0.0101. The average Bonchev–Trinajstić information content (AvgIpc) is 2.89. The zero-order chi connectivity index (χ0) is 16.4. The van der Waals surface area contributed by atoms with E-state index in [2.05, 4.69) is 0 Å². The molecule has 0 radical (unpaired) electrons. The topological polar surface area (TPSA) is 46.6 Å². The average molecular weight is 309 g/mol. The first kappa shape index (κ1) is 15.3. The highest BCUT2D eigenvalue weighted by atomic mass is 16.5. The zero-order valence-corrected chi connectivity index (χ0v) is 13.2. The lowest BCUT2D eigenvalue weighted by Crippen LogP contribution is -2.31. The van der Waals surface area contributed by atoms with Crippen molar-refractivity contribution in [1.82, 2.24) is 0 Å². The number of rotatable bonds is 4. The van der Waals surface area contributed by atoms with Gasteiger partial charge in [0, 0.05) is 6.42 Å². The molecule has 2 aromatic carbocycles. The summed E-state index contributed by atoms with van der Waals surface area (Å²) < 4.78 is 5.11. The van der Waals surface area contributed by atoms with Gasteiger partial charge in [-0.1, -0.05) is 37.3 Å². The van der Waals surface area contributed by atoms with Crippen LogP contribution in [0.2, 0.25) is 0 Å². The number of carbonyl (C=O) groups is 2. The number of hydrogen-bond acceptors (Lipinski definition) is 3. The van der Waals surface area contributed by atoms with Crippen molar-refractivity contribution in [2.24, 2.45) is 5.92 Å². The van der Waals surface area contributed by atoms with Crippen LogP contribution < -0.4 is 9.64 Å². The van der Waals surface area contributed by atoms with Crippen LogP contribution in [0.5, 0.6) is 5.75 Å². The van der Waals surface area contributed by atoms with Crippen molar-refractivity contribution in [3.05, 3.63) is 60.2 Å². The van der Waals surface area contributed by atoms with E-state index in [9.17, 15) is 9.59 Å². The van der Waals surface area contributed by atoms with E-state index in [0.717, 1.165) is 5.56 Å². The monoisotopic (exact) mass is 309 g/mol. The lowest BCUT2D eigenvalue weighted by atomic mass is 9.86. The maximum atomic E-state index is 12.8. The second kappa shape index (κ2) is 6.24. The highest BCUT2D eigenvalue weighted by Gasteiger charge is 2.42. The van der Waals surface area contributed by atoms with Crippen LogP contribution >= 0.6 is 0 Å². The van der Waals surface area contributed by atoms with Crippen LogP contribution in [-0.4, -0.2) is 18.9 Å². The van der Waals surface area contributed by atoms with Crippen molar-refractivity contribution in [1.29, 1.82) is 0 Å². The molecule has 2 atom stereocenters. The Bertz CT molecular complexity index is 709. The number of hydrogen-bond donors (Lipinski definition) is 0. The Morgan fingerprint density at radius 2 is 1.70 bits per heavy atom. The molecule has 0 spiro atoms. The summed E-state index contributed by atoms with van der Waals surface area (Å²) in [4.78, 5) is 26.4. The van der Waals surface area contributed by atoms with Gasteiger partial charge < -0.3 is 4.74 Å². The van der Waals surface area contributed by atoms with Gasteiger partial charge >= 0.3 is 0 Å². The van der Waals surface area contributed by atoms with Gasteiger partial charge in [0.05, 0.1) is 18.7 Å². The highest BCUT2D eigenvalue weighted by Crippen LogP contribution is 2.36. The minimum Gasteiger partial charge on any atom is -0.497 e. The van der Waals surface area contributed by atoms with Crippen molar-refractivity contribution in [2.75, 3.05) is 12.0 Å². The van der Waals surface area contributed by atoms with Crippen molar-refractivity contribution in [3.8, 4) is 5.75 Å². The van der Waals surface area contributed by atoms with E-state index in [1.807, 2.05) is 37.3 Å². The molecule has 1 heterocycles. The number of nitrogens with zero attached hydrogens (tertiary/aromatic N) is 1. The van der Waals surface area contributed by atoms with E-state index in [1.54, 1.807) is 31.4 Å². The van der Waals surface area contributed by atoms with Crippen LogP contribution in [0.1, 0.15) is 24.8 Å². The third-order valence-electron chi connectivity index (χ3n) is 4.44. The van der Waals surface area contributed by atoms with Gasteiger partial charge in [0.25, 0.3) is 0 Å². The van der Waals surface area contributed by atoms with Crippen molar-refractivity contribution in [2.45, 2.75) is 19.3 Å². The summed E-state index contributed by atoms with van der Waals surface area (Å²) in [7, 11) is 1.58. The molecule has 0 bridgehead atoms. The van der Waals surface area contributed by atoms with Gasteiger partial charge in [-0.05, 0) is 35.7 Å². The Hall–Kier alpha value is -2.62. The number of benzene rings is 2. The summed E-state index contributed by atoms with van der Waals surface area (Å²) in [6.07, 6.45) is 0.251. The quantitative estimate of drug-likeness (QED) is 0.813. The highest BCUT2D eigenvalue weighted by molar-refractivity contribution is 6.21. The summed E-state index contributed by atoms with van der Waals surface area (Å²) in [6.45, 7) is 2.00. The first-order valence-corrected chi connectivity index (χ1v) is 7.67. The number of methoxy groups -OCH3 is 1. The van der Waals surface area contributed by atoms with Crippen molar-refractivity contribution in [3.63, 3.8) is 0 Å². The normalized spacial score (nSPS) is 19.0. The van der Waals surface area contributed by atoms with Crippen LogP contribution in [0.3, 0.4) is 0 Å². The van der Waals surface area contributed by atoms with E-state index >= 15 is 0 Å². The van der Waals surface area contributed by atoms with Gasteiger partial charge in [-0.3, -0.25) is 14.5 Å². The molecule has 3 rings (SSSR count). The first-order valence-electron chi connectivity index (χ1n) is 7.67. The molecule has 0 saturated carbocycles. The van der Waals surface area contributed by atoms with E-state index in [0.29, 0.717) is 11.4 Å². The molecule has 0 unspecified atom stereocenters. The molecule has 2 amide bonds. The summed E-state index contributed by atoms with van der Waals surface area (Å²) in [5.41, 5.74) is 1.68. The van der Waals surface area contributed by atoms with E-state index in [-0.39, 0.29) is 30.1 Å². The predicted molar refractivity (Wildman–Crippen MR) is 88.5 cm³/mol. The largest absolute Gasteiger partial charge is 0.497 e. The van der Waals surface area contributed by atoms with Crippen LogP contribution in [0.4, 0.5) is 5.69 Å². The van der Waals surface area contributed by atoms with Gasteiger partial charge in [0.2, 0.25) is 11.8 Å². The predicted octanol–water partition coefficient (Wildman–Crippen LogP) is 3.38. The Morgan fingerprint density at radius 1 is 1.04 bits per heavy atom. The number of amides is 2. The van der Waals surface area contributed by atoms with Gasteiger partial charge in [-0.2, -0.15) is 0 Å². The molecule has 1 fully saturated rings. The summed E-state index contributed by atoms with van der Waals surface area (Å²) in [6, 6.07) is 16.8. The van der Waals surface area contributed by atoms with Crippen LogP contribution in [-0.2, 0) is 9.59 Å². The smallest absolute Gasteiger partial charge is 0.237 e. The third-order valence-corrected chi connectivity index (χ3v) is 4.44. The van der Waals surface area contributed by atoms with Crippen LogP contribution in [0, 0.1) is 5.92 Å². The summed E-state index contributed by atoms with van der Waals surface area (Å²) in [5, 5.41) is 0. The van der Waals surface area contributed by atoms with Crippen molar-refractivity contribution >= 4 is 17.5 Å². The second-order valence-corrected chi connectivity index (χ2v) is 5.78. The maximum absolute atomic E-state index is 12.8. The van der Waals surface area contributed by atoms with Crippen molar-refractivity contribution < 1.29 is 14.3 Å². The van der Waals surface area contributed by atoms with Gasteiger partial charge in [0.1, 0.15) is 5.75 Å². The molecule has 0 N–H and O–H groups in total. The molecule has 4 nitrogen and oxygen atoms in total. The Kier molecular flexibility index (Phi) is 4.15. The van der Waals surface area contributed by atoms with Crippen LogP contribution in [0.15, 0.2) is 54.6 Å². The molecule has 2 aromatic rings. The lowest BCUT2D eigenvalue weighted by Gasteiger charge is -2.19. The van der Waals surface area contributed by atoms with Crippen LogP contribution in [0.25, 0.3) is 0 Å². The maximum Gasteiger partial charge on any atom is 0.237 e. The summed E-state index contributed by atoms with van der Waals surface area (Å²) in [5.74, 6) is 0.120. The number of carbonyl (C=O) groups excluding carboxylic acids is 2. The molecule has 0 aliphatic carbocycles. The molecular weight excluding hydrogens is 290 g/mol. The molecule has 4 heteroatoms. The third kappa shape index (κ3) is 2.84. The fraction of sp³-hybridized carbons (Fsp3) is 0.263. The Labute approximate surface area is 135 Å². The fourth-order valence-corrected chi connectivity index (χ4v) is 3.04. The summed E-state index contributed by atoms with van der Waals surface area (Å²) >= 11 is 0. The van der Waals surface area contributed by atoms with Gasteiger partial charge in [0.15, 0.2) is 0 Å². The number of anilines is 1. The fourth-order valence-electron chi connectivity index (χ4n) is 3.04. The van der Waals surface area contributed by atoms with Gasteiger partial charge in [-0.15, -0.1) is 0 Å². The molecule has 1 saturated heterocycles. The standard InChI is InChI=1S/C19H19NO3/c1-13(14-6-4-3-5-7-14)17-12-18(21)20(19(17)22)15-8-10-16(23-2)11-9-15/h3-11,13,17H,12H2,1-2H3/t13-,17-/m1/s1. The molecule has 1 aliphatic rings. The second-order valence-electron chi connectivity index (χ2n) is 5.78. The molecule has 23 heavy (non-hydrogen) atoms. The lowest BCUT2D eigenvalue weighted by molar-refractivity contribution is -0.122. The SMILES string of the molecule is COc1ccc(N2C(=O)C[C@H]([C@H](C)c3ccccc3)C2=O)cc1. The molecular formula is C19H19NO3. The number of imide groups is 1. The molecule has 118 valence electrons. The molecule has 0 aromatic heterocycles. The van der Waals surface area contributed by atoms with E-state index in [4.69, 9.17) is 4.74 Å². The Morgan fingerprint density at radius 3 is 2.30 bits per heavy atom. The minimum atomic E-state index is -0.313.